The maximum atomic E-state index is 12.7. The highest BCUT2D eigenvalue weighted by molar-refractivity contribution is 6.17. The second-order valence-corrected chi connectivity index (χ2v) is 3.55. The van der Waals surface area contributed by atoms with Gasteiger partial charge in [-0.05, 0) is 31.4 Å². The molecule has 0 radical (unpaired) electrons. The van der Waals surface area contributed by atoms with Gasteiger partial charge in [0.25, 0.3) is 0 Å². The minimum Gasteiger partial charge on any atom is -0.493 e. The number of hydrogen-bond donors (Lipinski definition) is 0. The number of halogens is 3. The fraction of sp³-hybridized carbons (Fsp3) is 0.455. The first-order valence-corrected chi connectivity index (χ1v) is 5.41. The molecule has 0 heterocycles. The summed E-state index contributed by atoms with van der Waals surface area (Å²) in [7, 11) is 0. The standard InChI is InChI=1S/C11H13ClF2O/c12-6-2-1-3-7-15-9-4-5-10(13)11(14)8-9/h4-5,8H,1-3,6-7H2. The number of unbranched alkanes of at least 4 members (excludes halogenated alkanes) is 2. The van der Waals surface area contributed by atoms with Crippen LogP contribution in [0.25, 0.3) is 0 Å². The van der Waals surface area contributed by atoms with Gasteiger partial charge in [0.05, 0.1) is 6.61 Å². The van der Waals surface area contributed by atoms with Crippen LogP contribution in [0.3, 0.4) is 0 Å². The van der Waals surface area contributed by atoms with Gasteiger partial charge in [0, 0.05) is 11.9 Å². The van der Waals surface area contributed by atoms with E-state index in [9.17, 15) is 8.78 Å². The first-order chi connectivity index (χ1) is 7.24. The molecule has 0 amide bonds. The van der Waals surface area contributed by atoms with Gasteiger partial charge in [-0.2, -0.15) is 0 Å². The predicted molar refractivity (Wildman–Crippen MR) is 56.4 cm³/mol. The quantitative estimate of drug-likeness (QED) is 0.538. The second-order valence-electron chi connectivity index (χ2n) is 3.17. The van der Waals surface area contributed by atoms with Crippen LogP contribution in [0.2, 0.25) is 0 Å². The van der Waals surface area contributed by atoms with E-state index in [4.69, 9.17) is 16.3 Å². The van der Waals surface area contributed by atoms with E-state index in [1.54, 1.807) is 0 Å². The monoisotopic (exact) mass is 234 g/mol. The van der Waals surface area contributed by atoms with E-state index in [1.807, 2.05) is 0 Å². The number of hydrogen-bond acceptors (Lipinski definition) is 1. The van der Waals surface area contributed by atoms with Crippen molar-refractivity contribution in [2.45, 2.75) is 19.3 Å². The van der Waals surface area contributed by atoms with Gasteiger partial charge in [-0.15, -0.1) is 11.6 Å². The zero-order valence-corrected chi connectivity index (χ0v) is 9.07. The Bertz CT molecular complexity index is 305. The van der Waals surface area contributed by atoms with Crippen LogP contribution in [0.1, 0.15) is 19.3 Å². The maximum Gasteiger partial charge on any atom is 0.162 e. The van der Waals surface area contributed by atoms with Crippen LogP contribution in [0.4, 0.5) is 8.78 Å². The molecule has 0 atom stereocenters. The molecule has 0 aliphatic carbocycles. The van der Waals surface area contributed by atoms with Crippen LogP contribution in [-0.4, -0.2) is 12.5 Å². The minimum absolute atomic E-state index is 0.361. The highest BCUT2D eigenvalue weighted by Crippen LogP contribution is 2.15. The van der Waals surface area contributed by atoms with Gasteiger partial charge in [-0.25, -0.2) is 8.78 Å². The molecule has 0 spiro atoms. The van der Waals surface area contributed by atoms with Crippen molar-refractivity contribution in [3.05, 3.63) is 29.8 Å². The van der Waals surface area contributed by atoms with Crippen molar-refractivity contribution in [3.63, 3.8) is 0 Å². The lowest BCUT2D eigenvalue weighted by Crippen LogP contribution is -1.98. The van der Waals surface area contributed by atoms with Gasteiger partial charge >= 0.3 is 0 Å². The highest BCUT2D eigenvalue weighted by atomic mass is 35.5. The largest absolute Gasteiger partial charge is 0.493 e. The Morgan fingerprint density at radius 2 is 1.87 bits per heavy atom. The Morgan fingerprint density at radius 1 is 1.07 bits per heavy atom. The molecule has 4 heteroatoms. The summed E-state index contributed by atoms with van der Waals surface area (Å²) in [4.78, 5) is 0. The molecule has 0 aliphatic rings. The molecule has 84 valence electrons. The van der Waals surface area contributed by atoms with Gasteiger partial charge in [-0.1, -0.05) is 0 Å². The SMILES string of the molecule is Fc1ccc(OCCCCCCl)cc1F. The van der Waals surface area contributed by atoms with E-state index in [1.165, 1.54) is 6.07 Å². The van der Waals surface area contributed by atoms with E-state index in [-0.39, 0.29) is 0 Å². The molecule has 15 heavy (non-hydrogen) atoms. The summed E-state index contributed by atoms with van der Waals surface area (Å²) in [5, 5.41) is 0. The Kier molecular flexibility index (Phi) is 5.40. The lowest BCUT2D eigenvalue weighted by Gasteiger charge is -2.05. The molecular weight excluding hydrogens is 222 g/mol. The van der Waals surface area contributed by atoms with E-state index in [0.29, 0.717) is 18.2 Å². The molecule has 0 aromatic heterocycles. The number of ether oxygens (including phenoxy) is 1. The fourth-order valence-electron chi connectivity index (χ4n) is 1.13. The van der Waals surface area contributed by atoms with Crippen LogP contribution < -0.4 is 4.74 Å². The van der Waals surface area contributed by atoms with Crippen molar-refractivity contribution < 1.29 is 13.5 Å². The lowest BCUT2D eigenvalue weighted by atomic mass is 10.2. The molecule has 1 aromatic rings. The van der Waals surface area contributed by atoms with E-state index in [2.05, 4.69) is 0 Å². The number of rotatable bonds is 6. The summed E-state index contributed by atoms with van der Waals surface area (Å²) >= 11 is 5.50. The molecule has 1 rings (SSSR count). The second kappa shape index (κ2) is 6.62. The first-order valence-electron chi connectivity index (χ1n) is 4.88. The molecule has 0 unspecified atom stereocenters. The molecule has 0 N–H and O–H groups in total. The molecule has 0 aliphatic heterocycles. The van der Waals surface area contributed by atoms with Gasteiger partial charge in [-0.3, -0.25) is 0 Å². The average Bonchev–Trinajstić information content (AvgIpc) is 2.23. The molecule has 0 fully saturated rings. The number of alkyl halides is 1. The third-order valence-electron chi connectivity index (χ3n) is 1.94. The summed E-state index contributed by atoms with van der Waals surface area (Å²) in [5.74, 6) is -0.733. The topological polar surface area (TPSA) is 9.23 Å². The van der Waals surface area contributed by atoms with Crippen molar-refractivity contribution in [1.29, 1.82) is 0 Å². The molecule has 1 nitrogen and oxygen atoms in total. The van der Waals surface area contributed by atoms with Gasteiger partial charge < -0.3 is 4.74 Å². The van der Waals surface area contributed by atoms with Gasteiger partial charge in [0.1, 0.15) is 5.75 Å². The molecule has 0 saturated carbocycles. The van der Waals surface area contributed by atoms with Gasteiger partial charge in [0.2, 0.25) is 0 Å². The van der Waals surface area contributed by atoms with Crippen molar-refractivity contribution in [2.24, 2.45) is 0 Å². The van der Waals surface area contributed by atoms with Crippen molar-refractivity contribution >= 4 is 11.6 Å². The minimum atomic E-state index is -0.881. The Hall–Kier alpha value is -0.830. The molecule has 1 aromatic carbocycles. The van der Waals surface area contributed by atoms with E-state index in [0.717, 1.165) is 31.4 Å². The molecule has 0 bridgehead atoms. The van der Waals surface area contributed by atoms with Crippen molar-refractivity contribution in [2.75, 3.05) is 12.5 Å². The summed E-state index contributed by atoms with van der Waals surface area (Å²) in [6, 6.07) is 3.53. The highest BCUT2D eigenvalue weighted by Gasteiger charge is 2.02. The van der Waals surface area contributed by atoms with Crippen LogP contribution in [0, 0.1) is 11.6 Å². The Balaban J connectivity index is 2.28. The fourth-order valence-corrected chi connectivity index (χ4v) is 1.32. The van der Waals surface area contributed by atoms with E-state index >= 15 is 0 Å². The van der Waals surface area contributed by atoms with Crippen molar-refractivity contribution in [1.82, 2.24) is 0 Å². The van der Waals surface area contributed by atoms with Gasteiger partial charge in [0.15, 0.2) is 11.6 Å². The summed E-state index contributed by atoms with van der Waals surface area (Å²) in [6.45, 7) is 0.502. The van der Waals surface area contributed by atoms with E-state index < -0.39 is 11.6 Å². The normalized spacial score (nSPS) is 10.3. The molecule has 0 saturated heterocycles. The summed E-state index contributed by atoms with van der Waals surface area (Å²) < 4.78 is 30.5. The van der Waals surface area contributed by atoms with Crippen LogP contribution >= 0.6 is 11.6 Å². The number of benzene rings is 1. The third kappa shape index (κ3) is 4.47. The van der Waals surface area contributed by atoms with Crippen molar-refractivity contribution in [3.8, 4) is 5.75 Å². The lowest BCUT2D eigenvalue weighted by molar-refractivity contribution is 0.303. The molecular formula is C11H13ClF2O. The summed E-state index contributed by atoms with van der Waals surface area (Å²) in [6.07, 6.45) is 2.79. The third-order valence-corrected chi connectivity index (χ3v) is 2.21. The zero-order valence-electron chi connectivity index (χ0n) is 8.31. The maximum absolute atomic E-state index is 12.7. The summed E-state index contributed by atoms with van der Waals surface area (Å²) in [5.41, 5.74) is 0. The van der Waals surface area contributed by atoms with Crippen LogP contribution in [0.5, 0.6) is 5.75 Å². The first kappa shape index (κ1) is 12.2. The smallest absolute Gasteiger partial charge is 0.162 e. The predicted octanol–water partition coefficient (Wildman–Crippen LogP) is 3.75. The van der Waals surface area contributed by atoms with Crippen LogP contribution in [-0.2, 0) is 0 Å². The Labute approximate surface area is 93.0 Å². The average molecular weight is 235 g/mol. The van der Waals surface area contributed by atoms with Crippen LogP contribution in [0.15, 0.2) is 18.2 Å². The zero-order chi connectivity index (χ0) is 11.1. The Morgan fingerprint density at radius 3 is 2.53 bits per heavy atom.